The van der Waals surface area contributed by atoms with E-state index in [1.54, 1.807) is 0 Å². The summed E-state index contributed by atoms with van der Waals surface area (Å²) in [7, 11) is -4.81. The van der Waals surface area contributed by atoms with E-state index in [0.717, 1.165) is 0 Å². The number of hydrogen-bond acceptors (Lipinski definition) is 7. The average Bonchev–Trinajstić information content (AvgIpc) is 2.72. The molecule has 0 bridgehead atoms. The molecule has 1 aliphatic heterocycles. The summed E-state index contributed by atoms with van der Waals surface area (Å²) in [5.41, 5.74) is -2.97. The molecule has 1 aromatic heterocycles. The van der Waals surface area contributed by atoms with Crippen molar-refractivity contribution in [3.63, 3.8) is 0 Å². The molecule has 1 aromatic carbocycles. The van der Waals surface area contributed by atoms with Crippen LogP contribution in [-0.4, -0.2) is 33.9 Å². The van der Waals surface area contributed by atoms with Crippen molar-refractivity contribution in [1.82, 2.24) is 19.2 Å². The van der Waals surface area contributed by atoms with Crippen LogP contribution < -0.4 is 15.6 Å². The fourth-order valence-electron chi connectivity index (χ4n) is 2.32. The Balaban J connectivity index is 2.20. The fraction of sp³-hybridized carbons (Fsp3) is 0.154. The molecule has 1 unspecified atom stereocenters. The summed E-state index contributed by atoms with van der Waals surface area (Å²) in [5, 5.41) is 12.4. The minimum atomic E-state index is -4.81. The highest BCUT2D eigenvalue weighted by Crippen LogP contribution is 2.36. The SMILES string of the molecule is Cc1cnc(NC2(c3ccccc3O)NS(=O)(=O)N(F)C2=O)[nH]c1=O. The van der Waals surface area contributed by atoms with Crippen LogP contribution in [-0.2, 0) is 20.7 Å². The number of nitrogens with one attached hydrogen (secondary N) is 3. The number of rotatable bonds is 3. The first-order valence-corrected chi connectivity index (χ1v) is 8.28. The molecule has 10 nitrogen and oxygen atoms in total. The number of benzene rings is 1. The first kappa shape index (κ1) is 16.9. The molecule has 3 rings (SSSR count). The van der Waals surface area contributed by atoms with Gasteiger partial charge in [0.15, 0.2) is 0 Å². The maximum atomic E-state index is 13.9. The summed E-state index contributed by atoms with van der Waals surface area (Å²) in [5.74, 6) is -2.33. The van der Waals surface area contributed by atoms with Gasteiger partial charge in [-0.1, -0.05) is 22.7 Å². The van der Waals surface area contributed by atoms with E-state index in [4.69, 9.17) is 0 Å². The van der Waals surface area contributed by atoms with Crippen molar-refractivity contribution in [1.29, 1.82) is 0 Å². The topological polar surface area (TPSA) is 144 Å². The molecule has 2 heterocycles. The number of amides is 1. The minimum absolute atomic E-state index is 0.271. The second-order valence-corrected chi connectivity index (χ2v) is 6.74. The first-order chi connectivity index (χ1) is 11.7. The second kappa shape index (κ2) is 5.53. The van der Waals surface area contributed by atoms with Crippen molar-refractivity contribution in [2.24, 2.45) is 0 Å². The van der Waals surface area contributed by atoms with Crippen LogP contribution in [0.2, 0.25) is 0 Å². The lowest BCUT2D eigenvalue weighted by Crippen LogP contribution is -2.51. The third-order valence-electron chi connectivity index (χ3n) is 3.56. The van der Waals surface area contributed by atoms with Gasteiger partial charge in [0.05, 0.1) is 0 Å². The Hall–Kier alpha value is -2.99. The molecule has 4 N–H and O–H groups in total. The number of anilines is 1. The quantitative estimate of drug-likeness (QED) is 0.539. The molecule has 12 heteroatoms. The summed E-state index contributed by atoms with van der Waals surface area (Å²) >= 11 is 0. The van der Waals surface area contributed by atoms with Crippen LogP contribution in [0.25, 0.3) is 0 Å². The Kier molecular flexibility index (Phi) is 3.73. The summed E-state index contributed by atoms with van der Waals surface area (Å²) in [4.78, 5) is 30.2. The molecule has 0 radical (unpaired) electrons. The van der Waals surface area contributed by atoms with Crippen molar-refractivity contribution in [2.45, 2.75) is 12.6 Å². The van der Waals surface area contributed by atoms with E-state index in [2.05, 4.69) is 15.3 Å². The maximum absolute atomic E-state index is 13.9. The van der Waals surface area contributed by atoms with E-state index in [9.17, 15) is 27.6 Å². The smallest absolute Gasteiger partial charge is 0.333 e. The Morgan fingerprint density at radius 3 is 2.56 bits per heavy atom. The number of aromatic nitrogens is 2. The standard InChI is InChI=1S/C13H12FN5O5S/c1-7-6-15-12(16-10(7)21)17-13(8-4-2-3-5-9(8)20)11(22)19(14)25(23,24)18-13/h2-6,18,20H,1H3,(H2,15,16,17,21). The van der Waals surface area contributed by atoms with Crippen molar-refractivity contribution in [3.8, 4) is 5.75 Å². The third kappa shape index (κ3) is 2.60. The number of aryl methyl sites for hydroxylation is 1. The summed E-state index contributed by atoms with van der Waals surface area (Å²) < 4.78 is 38.3. The predicted octanol–water partition coefficient (Wildman–Crippen LogP) is -0.390. The third-order valence-corrected chi connectivity index (χ3v) is 4.72. The number of carbonyl (C=O) groups is 1. The van der Waals surface area contributed by atoms with Crippen molar-refractivity contribution >= 4 is 22.1 Å². The van der Waals surface area contributed by atoms with Gasteiger partial charge in [0, 0.05) is 17.3 Å². The maximum Gasteiger partial charge on any atom is 0.333 e. The van der Waals surface area contributed by atoms with Gasteiger partial charge in [-0.15, -0.1) is 0 Å². The van der Waals surface area contributed by atoms with Crippen LogP contribution in [0, 0.1) is 6.92 Å². The summed E-state index contributed by atoms with van der Waals surface area (Å²) in [6.45, 7) is 1.49. The summed E-state index contributed by atoms with van der Waals surface area (Å²) in [6, 6.07) is 5.24. The molecule has 1 aliphatic rings. The predicted molar refractivity (Wildman–Crippen MR) is 83.0 cm³/mol. The van der Waals surface area contributed by atoms with Crippen molar-refractivity contribution in [3.05, 3.63) is 51.9 Å². The molecule has 0 spiro atoms. The van der Waals surface area contributed by atoms with E-state index in [0.29, 0.717) is 0 Å². The fourth-order valence-corrected chi connectivity index (χ4v) is 3.40. The number of aromatic amines is 1. The highest BCUT2D eigenvalue weighted by Gasteiger charge is 2.59. The number of H-pyrrole nitrogens is 1. The van der Waals surface area contributed by atoms with Crippen LogP contribution in [0.1, 0.15) is 11.1 Å². The van der Waals surface area contributed by atoms with Crippen LogP contribution in [0.3, 0.4) is 0 Å². The van der Waals surface area contributed by atoms with E-state index >= 15 is 0 Å². The number of para-hydroxylation sites is 1. The molecular formula is C13H12FN5O5S. The van der Waals surface area contributed by atoms with Crippen LogP contribution in [0.5, 0.6) is 5.75 Å². The number of phenols is 1. The molecular weight excluding hydrogens is 357 g/mol. The molecule has 132 valence electrons. The molecule has 2 aromatic rings. The zero-order chi connectivity index (χ0) is 18.4. The Labute approximate surface area is 140 Å². The lowest BCUT2D eigenvalue weighted by atomic mass is 9.98. The van der Waals surface area contributed by atoms with Gasteiger partial charge in [-0.3, -0.25) is 14.6 Å². The highest BCUT2D eigenvalue weighted by atomic mass is 32.2. The van der Waals surface area contributed by atoms with Gasteiger partial charge >= 0.3 is 16.1 Å². The first-order valence-electron chi connectivity index (χ1n) is 6.84. The van der Waals surface area contributed by atoms with Crippen LogP contribution in [0.4, 0.5) is 10.4 Å². The minimum Gasteiger partial charge on any atom is -0.508 e. The zero-order valence-electron chi connectivity index (χ0n) is 12.6. The lowest BCUT2D eigenvalue weighted by Gasteiger charge is -2.27. The van der Waals surface area contributed by atoms with Gasteiger partial charge < -0.3 is 10.4 Å². The Morgan fingerprint density at radius 1 is 1.32 bits per heavy atom. The molecule has 25 heavy (non-hydrogen) atoms. The molecule has 1 saturated heterocycles. The monoisotopic (exact) mass is 369 g/mol. The van der Waals surface area contributed by atoms with E-state index < -0.39 is 37.6 Å². The Bertz CT molecular complexity index is 1020. The number of carbonyl (C=O) groups excluding carboxylic acids is 1. The molecule has 0 aliphatic carbocycles. The highest BCUT2D eigenvalue weighted by molar-refractivity contribution is 7.88. The number of nitrogens with zero attached hydrogens (tertiary/aromatic N) is 2. The van der Waals surface area contributed by atoms with Crippen molar-refractivity contribution in [2.75, 3.05) is 5.32 Å². The molecule has 0 saturated carbocycles. The lowest BCUT2D eigenvalue weighted by molar-refractivity contribution is -0.138. The number of halogens is 1. The number of aromatic hydroxyl groups is 1. The van der Waals surface area contributed by atoms with Gasteiger partial charge in [-0.05, 0) is 17.5 Å². The van der Waals surface area contributed by atoms with E-state index in [1.807, 2.05) is 4.72 Å². The van der Waals surface area contributed by atoms with E-state index in [-0.39, 0.29) is 17.1 Å². The molecule has 1 atom stereocenters. The second-order valence-electron chi connectivity index (χ2n) is 5.26. The zero-order valence-corrected chi connectivity index (χ0v) is 13.5. The van der Waals surface area contributed by atoms with E-state index in [1.165, 1.54) is 37.4 Å². The normalized spacial score (nSPS) is 22.2. The van der Waals surface area contributed by atoms with Gasteiger partial charge in [0.2, 0.25) is 11.6 Å². The number of hydrogen-bond donors (Lipinski definition) is 4. The van der Waals surface area contributed by atoms with Gasteiger partial charge in [0.25, 0.3) is 5.56 Å². The van der Waals surface area contributed by atoms with Gasteiger partial charge in [-0.25, -0.2) is 4.98 Å². The van der Waals surface area contributed by atoms with Crippen LogP contribution >= 0.6 is 0 Å². The Morgan fingerprint density at radius 2 is 2.00 bits per heavy atom. The van der Waals surface area contributed by atoms with Crippen LogP contribution in [0.15, 0.2) is 35.3 Å². The summed E-state index contributed by atoms with van der Waals surface area (Å²) in [6.07, 6.45) is 1.18. The molecule has 1 fully saturated rings. The number of phenolic OH excluding ortho intramolecular Hbond substituents is 1. The van der Waals surface area contributed by atoms with Gasteiger partial charge in [0.1, 0.15) is 5.75 Å². The molecule has 1 amide bonds. The van der Waals surface area contributed by atoms with Crippen molar-refractivity contribution < 1.29 is 22.8 Å². The largest absolute Gasteiger partial charge is 0.508 e. The average molecular weight is 369 g/mol. The van der Waals surface area contributed by atoms with Gasteiger partial charge in [-0.2, -0.15) is 13.1 Å².